The molecule has 0 unspecified atom stereocenters. The lowest BCUT2D eigenvalue weighted by atomic mass is 9.76. The lowest BCUT2D eigenvalue weighted by Crippen LogP contribution is -2.39. The number of oxime groups is 1. The average molecular weight is 431 g/mol. The Labute approximate surface area is 176 Å². The molecule has 0 radical (unpaired) electrons. The van der Waals surface area contributed by atoms with Gasteiger partial charge in [0.05, 0.1) is 16.6 Å². The highest BCUT2D eigenvalue weighted by atomic mass is 19.4. The fourth-order valence-electron chi connectivity index (χ4n) is 4.44. The van der Waals surface area contributed by atoms with E-state index in [2.05, 4.69) is 15.1 Å². The minimum absolute atomic E-state index is 0.116. The van der Waals surface area contributed by atoms with Crippen molar-refractivity contribution in [2.75, 3.05) is 0 Å². The van der Waals surface area contributed by atoms with Gasteiger partial charge in [0.1, 0.15) is 17.0 Å². The highest BCUT2D eigenvalue weighted by Crippen LogP contribution is 2.44. The van der Waals surface area contributed by atoms with Gasteiger partial charge in [0.15, 0.2) is 5.82 Å². The zero-order valence-electron chi connectivity index (χ0n) is 16.9. The topological polar surface area (TPSA) is 50.3 Å². The van der Waals surface area contributed by atoms with Crippen molar-refractivity contribution < 1.29 is 22.4 Å². The van der Waals surface area contributed by atoms with E-state index in [0.29, 0.717) is 60.2 Å². The molecule has 8 heteroatoms. The number of benzene rings is 2. The van der Waals surface area contributed by atoms with Crippen LogP contribution in [-0.4, -0.2) is 26.9 Å². The van der Waals surface area contributed by atoms with Gasteiger partial charge in [0.2, 0.25) is 0 Å². The summed E-state index contributed by atoms with van der Waals surface area (Å²) in [6, 6.07) is 10.5. The van der Waals surface area contributed by atoms with Crippen LogP contribution in [0.2, 0.25) is 0 Å². The largest absolute Gasteiger partial charge is 0.417 e. The maximum absolute atomic E-state index is 14.2. The van der Waals surface area contributed by atoms with Crippen LogP contribution in [0.3, 0.4) is 0 Å². The molecule has 1 spiro atoms. The Morgan fingerprint density at radius 2 is 1.77 bits per heavy atom. The second-order valence-electron chi connectivity index (χ2n) is 8.76. The molecule has 5 rings (SSSR count). The molecule has 2 aliphatic rings. The third-order valence-corrected chi connectivity index (χ3v) is 6.34. The first-order chi connectivity index (χ1) is 14.6. The lowest BCUT2D eigenvalue weighted by Gasteiger charge is -2.36. The summed E-state index contributed by atoms with van der Waals surface area (Å²) in [5, 5.41) is 4.20. The fraction of sp³-hybridized carbons (Fsp3) is 0.391. The van der Waals surface area contributed by atoms with Crippen molar-refractivity contribution in [2.45, 2.75) is 56.5 Å². The van der Waals surface area contributed by atoms with Crippen molar-refractivity contribution in [3.05, 3.63) is 53.9 Å². The van der Waals surface area contributed by atoms with Gasteiger partial charge in [-0.15, -0.1) is 0 Å². The zero-order valence-corrected chi connectivity index (χ0v) is 16.9. The molecule has 0 bridgehead atoms. The van der Waals surface area contributed by atoms with Crippen molar-refractivity contribution >= 4 is 16.7 Å². The van der Waals surface area contributed by atoms with Gasteiger partial charge in [-0.25, -0.2) is 9.37 Å². The molecule has 1 aliphatic carbocycles. The molecule has 3 aromatic rings. The van der Waals surface area contributed by atoms with Crippen LogP contribution in [0.1, 0.15) is 50.4 Å². The van der Waals surface area contributed by atoms with E-state index in [1.54, 1.807) is 31.2 Å². The van der Waals surface area contributed by atoms with E-state index >= 15 is 0 Å². The number of H-pyrrole nitrogens is 1. The molecule has 0 atom stereocenters. The maximum atomic E-state index is 14.2. The van der Waals surface area contributed by atoms with Gasteiger partial charge in [-0.1, -0.05) is 29.4 Å². The number of nitrogens with zero attached hydrogens (tertiary/aromatic N) is 2. The molecule has 162 valence electrons. The van der Waals surface area contributed by atoms with Crippen LogP contribution in [0.25, 0.3) is 22.2 Å². The second-order valence-corrected chi connectivity index (χ2v) is 8.76. The molecule has 4 nitrogen and oxygen atoms in total. The second kappa shape index (κ2) is 6.80. The van der Waals surface area contributed by atoms with Gasteiger partial charge in [-0.2, -0.15) is 13.2 Å². The molecule has 0 amide bonds. The number of nitrogens with one attached hydrogen (secondary N) is 1. The van der Waals surface area contributed by atoms with E-state index in [4.69, 9.17) is 4.84 Å². The summed E-state index contributed by atoms with van der Waals surface area (Å²) in [6.45, 7) is 1.62. The smallest absolute Gasteiger partial charge is 0.388 e. The number of alkyl halides is 4. The first-order valence-corrected chi connectivity index (χ1v) is 10.3. The number of aromatic nitrogens is 2. The maximum Gasteiger partial charge on any atom is 0.417 e. The monoisotopic (exact) mass is 431 g/mol. The van der Waals surface area contributed by atoms with Gasteiger partial charge in [-0.3, -0.25) is 0 Å². The van der Waals surface area contributed by atoms with E-state index in [1.165, 1.54) is 12.1 Å². The number of fused-ring (bicyclic) bond motifs is 1. The van der Waals surface area contributed by atoms with Crippen LogP contribution >= 0.6 is 0 Å². The van der Waals surface area contributed by atoms with Crippen LogP contribution in [-0.2, 0) is 11.0 Å². The van der Waals surface area contributed by atoms with Gasteiger partial charge < -0.3 is 9.82 Å². The Bertz CT molecular complexity index is 1170. The average Bonchev–Trinajstić information content (AvgIpc) is 3.34. The van der Waals surface area contributed by atoms with Crippen molar-refractivity contribution in [3.63, 3.8) is 0 Å². The van der Waals surface area contributed by atoms with Crippen LogP contribution in [0.15, 0.2) is 47.6 Å². The molecule has 1 N–H and O–H groups in total. The minimum atomic E-state index is -4.44. The summed E-state index contributed by atoms with van der Waals surface area (Å²) in [7, 11) is 0. The van der Waals surface area contributed by atoms with Gasteiger partial charge in [0, 0.05) is 6.42 Å². The predicted molar refractivity (Wildman–Crippen MR) is 109 cm³/mol. The molecule has 2 aromatic carbocycles. The summed E-state index contributed by atoms with van der Waals surface area (Å²) in [6.07, 6.45) is -1.87. The molecule has 2 heterocycles. The first-order valence-electron chi connectivity index (χ1n) is 10.3. The molecule has 1 aromatic heterocycles. The van der Waals surface area contributed by atoms with Crippen LogP contribution in [0, 0.1) is 0 Å². The van der Waals surface area contributed by atoms with E-state index in [-0.39, 0.29) is 5.56 Å². The third-order valence-electron chi connectivity index (χ3n) is 6.34. The van der Waals surface area contributed by atoms with Gasteiger partial charge in [-0.05, 0) is 61.9 Å². The number of rotatable bonds is 2. The minimum Gasteiger partial charge on any atom is -0.388 e. The van der Waals surface area contributed by atoms with Crippen molar-refractivity contribution in [3.8, 4) is 11.1 Å². The third kappa shape index (κ3) is 3.68. The highest BCUT2D eigenvalue weighted by Gasteiger charge is 2.46. The quantitative estimate of drug-likeness (QED) is 0.477. The van der Waals surface area contributed by atoms with Crippen LogP contribution in [0.4, 0.5) is 17.6 Å². The lowest BCUT2D eigenvalue weighted by molar-refractivity contribution is -0.137. The standard InChI is InChI=1S/C23H21F4N3O/c1-21(24)8-10-22(11-9-21)13-19(30-31-22)20-28-17-7-6-14(12-18(17)29-20)15-4-2-3-5-16(15)23(25,26)27/h2-7,12H,8-11,13H2,1H3,(H,28,29). The summed E-state index contributed by atoms with van der Waals surface area (Å²) in [5.41, 5.74) is 0.130. The first kappa shape index (κ1) is 20.0. The SMILES string of the molecule is CC1(F)CCC2(CC1)CC(c1nc3ccc(-c4ccccc4C(F)(F)F)cc3[nH]1)=NO2. The Morgan fingerprint density at radius 3 is 2.52 bits per heavy atom. The number of halogens is 4. The van der Waals surface area contributed by atoms with E-state index < -0.39 is 23.0 Å². The molecule has 1 aliphatic heterocycles. The normalized spacial score (nSPS) is 26.3. The van der Waals surface area contributed by atoms with Crippen molar-refractivity contribution in [1.29, 1.82) is 0 Å². The summed E-state index contributed by atoms with van der Waals surface area (Å²) in [4.78, 5) is 13.4. The summed E-state index contributed by atoms with van der Waals surface area (Å²) < 4.78 is 54.4. The van der Waals surface area contributed by atoms with E-state index in [0.717, 1.165) is 6.07 Å². The van der Waals surface area contributed by atoms with Gasteiger partial charge in [0.25, 0.3) is 0 Å². The molecule has 1 fully saturated rings. The molecular weight excluding hydrogens is 410 g/mol. The van der Waals surface area contributed by atoms with Crippen molar-refractivity contribution in [2.24, 2.45) is 5.16 Å². The fourth-order valence-corrected chi connectivity index (χ4v) is 4.44. The number of hydrogen-bond donors (Lipinski definition) is 1. The number of aromatic amines is 1. The molecule has 1 saturated carbocycles. The molecule has 0 saturated heterocycles. The number of hydrogen-bond acceptors (Lipinski definition) is 3. The van der Waals surface area contributed by atoms with E-state index in [1.807, 2.05) is 0 Å². The van der Waals surface area contributed by atoms with Gasteiger partial charge >= 0.3 is 6.18 Å². The summed E-state index contributed by atoms with van der Waals surface area (Å²) in [5.74, 6) is 0.529. The Kier molecular flexibility index (Phi) is 4.39. The van der Waals surface area contributed by atoms with Crippen LogP contribution in [0.5, 0.6) is 0 Å². The van der Waals surface area contributed by atoms with Crippen molar-refractivity contribution in [1.82, 2.24) is 9.97 Å². The van der Waals surface area contributed by atoms with Crippen LogP contribution < -0.4 is 0 Å². The Morgan fingerprint density at radius 1 is 1.03 bits per heavy atom. The Hall–Kier alpha value is -2.90. The number of imidazole rings is 1. The Balaban J connectivity index is 1.43. The summed E-state index contributed by atoms with van der Waals surface area (Å²) >= 11 is 0. The zero-order chi connectivity index (χ0) is 21.9. The molecule has 31 heavy (non-hydrogen) atoms. The van der Waals surface area contributed by atoms with E-state index in [9.17, 15) is 17.6 Å². The highest BCUT2D eigenvalue weighted by molar-refractivity contribution is 6.01. The molecular formula is C23H21F4N3O. The predicted octanol–water partition coefficient (Wildman–Crippen LogP) is 6.41.